The number of aromatic nitrogens is 1. The molecule has 2 aliphatic heterocycles. The molecule has 1 aromatic rings. The normalized spacial score (nSPS) is 20.6. The van der Waals surface area contributed by atoms with Gasteiger partial charge in [-0.15, -0.1) is 0 Å². The molecule has 2 saturated heterocycles. The molecule has 3 heterocycles. The molecule has 2 fully saturated rings. The minimum atomic E-state index is -4.64. The number of pyridine rings is 1. The molecule has 2 amide bonds. The first-order valence-corrected chi connectivity index (χ1v) is 10.6. The summed E-state index contributed by atoms with van der Waals surface area (Å²) in [4.78, 5) is 31.7. The van der Waals surface area contributed by atoms with E-state index < -0.39 is 35.2 Å². The zero-order chi connectivity index (χ0) is 22.3. The van der Waals surface area contributed by atoms with E-state index in [4.69, 9.17) is 4.74 Å². The molecule has 1 unspecified atom stereocenters. The molecule has 166 valence electrons. The van der Waals surface area contributed by atoms with Crippen molar-refractivity contribution in [2.24, 2.45) is 5.41 Å². The third kappa shape index (κ3) is 4.73. The number of rotatable bonds is 2. The summed E-state index contributed by atoms with van der Waals surface area (Å²) in [5.74, 6) is -0.515. The van der Waals surface area contributed by atoms with Gasteiger partial charge in [0.15, 0.2) is 6.04 Å². The maximum atomic E-state index is 13.9. The van der Waals surface area contributed by atoms with Crippen LogP contribution in [0.2, 0.25) is 0 Å². The van der Waals surface area contributed by atoms with Gasteiger partial charge >= 0.3 is 12.3 Å². The summed E-state index contributed by atoms with van der Waals surface area (Å²) in [7, 11) is 0. The molecule has 0 aliphatic carbocycles. The quantitative estimate of drug-likeness (QED) is 0.601. The third-order valence-electron chi connectivity index (χ3n) is 5.57. The maximum Gasteiger partial charge on any atom is 0.414 e. The molecule has 0 bridgehead atoms. The number of hydrogen-bond acceptors (Lipinski definition) is 4. The van der Waals surface area contributed by atoms with Crippen LogP contribution in [0.1, 0.15) is 51.8 Å². The van der Waals surface area contributed by atoms with Gasteiger partial charge < -0.3 is 14.5 Å². The number of hydrogen-bond donors (Lipinski definition) is 0. The van der Waals surface area contributed by atoms with Crippen molar-refractivity contribution in [2.45, 2.75) is 57.9 Å². The van der Waals surface area contributed by atoms with E-state index in [0.29, 0.717) is 23.7 Å². The minimum Gasteiger partial charge on any atom is -0.444 e. The second-order valence-corrected chi connectivity index (χ2v) is 9.76. The van der Waals surface area contributed by atoms with Crippen LogP contribution in [0, 0.1) is 5.41 Å². The van der Waals surface area contributed by atoms with E-state index in [1.807, 2.05) is 0 Å². The van der Waals surface area contributed by atoms with Gasteiger partial charge in [0, 0.05) is 30.3 Å². The van der Waals surface area contributed by atoms with Crippen molar-refractivity contribution in [3.63, 3.8) is 0 Å². The van der Waals surface area contributed by atoms with E-state index in [1.165, 1.54) is 23.2 Å². The first-order valence-electron chi connectivity index (χ1n) is 9.80. The first kappa shape index (κ1) is 22.8. The van der Waals surface area contributed by atoms with Gasteiger partial charge in [-0.3, -0.25) is 9.78 Å². The van der Waals surface area contributed by atoms with Gasteiger partial charge in [0.25, 0.3) is 0 Å². The van der Waals surface area contributed by atoms with Crippen LogP contribution in [0.15, 0.2) is 22.8 Å². The highest BCUT2D eigenvalue weighted by molar-refractivity contribution is 9.10. The summed E-state index contributed by atoms with van der Waals surface area (Å²) in [6.07, 6.45) is -2.84. The summed E-state index contributed by atoms with van der Waals surface area (Å²) in [6.45, 7) is 5.86. The largest absolute Gasteiger partial charge is 0.444 e. The average Bonchev–Trinajstić information content (AvgIpc) is 2.92. The van der Waals surface area contributed by atoms with E-state index in [-0.39, 0.29) is 25.3 Å². The highest BCUT2D eigenvalue weighted by Gasteiger charge is 2.56. The zero-order valence-electron chi connectivity index (χ0n) is 17.1. The van der Waals surface area contributed by atoms with Crippen molar-refractivity contribution in [3.8, 4) is 0 Å². The number of halogens is 4. The Kier molecular flexibility index (Phi) is 6.10. The fourth-order valence-corrected chi connectivity index (χ4v) is 4.29. The molecule has 6 nitrogen and oxygen atoms in total. The van der Waals surface area contributed by atoms with Crippen LogP contribution in [-0.2, 0) is 9.53 Å². The van der Waals surface area contributed by atoms with Gasteiger partial charge in [-0.05, 0) is 68.1 Å². The van der Waals surface area contributed by atoms with Crippen molar-refractivity contribution in [2.75, 3.05) is 19.6 Å². The monoisotopic (exact) mass is 491 g/mol. The molecule has 0 saturated carbocycles. The Labute approximate surface area is 181 Å². The highest BCUT2D eigenvalue weighted by atomic mass is 79.9. The number of likely N-dealkylation sites (tertiary alicyclic amines) is 2. The summed E-state index contributed by atoms with van der Waals surface area (Å²) in [5, 5.41) is 0. The topological polar surface area (TPSA) is 62.7 Å². The predicted molar refractivity (Wildman–Crippen MR) is 107 cm³/mol. The van der Waals surface area contributed by atoms with Gasteiger partial charge in [-0.1, -0.05) is 0 Å². The SMILES string of the molecule is CC(C)(C)OC(=O)N1CCC2(CC1)CCN(C(c1ccc(Br)cn1)C(F)(F)F)C2=O. The van der Waals surface area contributed by atoms with Crippen molar-refractivity contribution < 1.29 is 27.5 Å². The average molecular weight is 492 g/mol. The summed E-state index contributed by atoms with van der Waals surface area (Å²) >= 11 is 3.17. The molecular formula is C20H25BrF3N3O3. The number of amides is 2. The molecule has 1 aromatic heterocycles. The van der Waals surface area contributed by atoms with Crippen LogP contribution in [-0.4, -0.2) is 58.2 Å². The van der Waals surface area contributed by atoms with E-state index in [0.717, 1.165) is 4.90 Å². The van der Waals surface area contributed by atoms with Crippen LogP contribution in [0.4, 0.5) is 18.0 Å². The van der Waals surface area contributed by atoms with Gasteiger partial charge in [-0.2, -0.15) is 13.2 Å². The van der Waals surface area contributed by atoms with E-state index in [1.54, 1.807) is 20.8 Å². The Morgan fingerprint density at radius 1 is 1.17 bits per heavy atom. The molecule has 1 spiro atoms. The molecule has 2 aliphatic rings. The van der Waals surface area contributed by atoms with Crippen molar-refractivity contribution in [3.05, 3.63) is 28.5 Å². The Morgan fingerprint density at radius 3 is 2.27 bits per heavy atom. The van der Waals surface area contributed by atoms with Crippen molar-refractivity contribution in [1.82, 2.24) is 14.8 Å². The van der Waals surface area contributed by atoms with Crippen LogP contribution >= 0.6 is 15.9 Å². The lowest BCUT2D eigenvalue weighted by atomic mass is 9.77. The lowest BCUT2D eigenvalue weighted by Crippen LogP contribution is -2.49. The van der Waals surface area contributed by atoms with E-state index in [2.05, 4.69) is 20.9 Å². The molecule has 0 N–H and O–H groups in total. The minimum absolute atomic E-state index is 0.00713. The molecule has 30 heavy (non-hydrogen) atoms. The fraction of sp³-hybridized carbons (Fsp3) is 0.650. The summed E-state index contributed by atoms with van der Waals surface area (Å²) in [5.41, 5.74) is -1.72. The molecular weight excluding hydrogens is 467 g/mol. The molecule has 3 rings (SSSR count). The van der Waals surface area contributed by atoms with E-state index in [9.17, 15) is 22.8 Å². The Morgan fingerprint density at radius 2 is 1.77 bits per heavy atom. The standard InChI is InChI=1S/C20H25BrF3N3O3/c1-18(2,3)30-17(29)26-9-6-19(7-10-26)8-11-27(16(19)28)15(20(22,23)24)14-5-4-13(21)12-25-14/h4-5,12,15H,6-11H2,1-3H3. The molecule has 10 heteroatoms. The lowest BCUT2D eigenvalue weighted by Gasteiger charge is -2.39. The Bertz CT molecular complexity index is 800. The van der Waals surface area contributed by atoms with Crippen molar-refractivity contribution >= 4 is 27.9 Å². The number of carbonyl (C=O) groups excluding carboxylic acids is 2. The second-order valence-electron chi connectivity index (χ2n) is 8.84. The van der Waals surface area contributed by atoms with Gasteiger partial charge in [-0.25, -0.2) is 4.79 Å². The highest BCUT2D eigenvalue weighted by Crippen LogP contribution is 2.47. The summed E-state index contributed by atoms with van der Waals surface area (Å²) < 4.78 is 47.6. The number of carbonyl (C=O) groups is 2. The Balaban J connectivity index is 1.75. The van der Waals surface area contributed by atoms with E-state index >= 15 is 0 Å². The number of alkyl halides is 3. The number of piperidine rings is 1. The second kappa shape index (κ2) is 8.01. The third-order valence-corrected chi connectivity index (χ3v) is 6.04. The molecule has 0 radical (unpaired) electrons. The van der Waals surface area contributed by atoms with Crippen LogP contribution in [0.3, 0.4) is 0 Å². The van der Waals surface area contributed by atoms with Gasteiger partial charge in [0.1, 0.15) is 5.60 Å². The lowest BCUT2D eigenvalue weighted by molar-refractivity contribution is -0.191. The van der Waals surface area contributed by atoms with Crippen molar-refractivity contribution in [1.29, 1.82) is 0 Å². The molecule has 1 atom stereocenters. The van der Waals surface area contributed by atoms with Gasteiger partial charge in [0.2, 0.25) is 5.91 Å². The number of nitrogens with zero attached hydrogens (tertiary/aromatic N) is 3. The molecule has 0 aromatic carbocycles. The summed E-state index contributed by atoms with van der Waals surface area (Å²) in [6, 6.07) is 0.684. The maximum absolute atomic E-state index is 13.9. The first-order chi connectivity index (χ1) is 13.8. The zero-order valence-corrected chi connectivity index (χ0v) is 18.7. The van der Waals surface area contributed by atoms with Crippen LogP contribution in [0.5, 0.6) is 0 Å². The number of ether oxygens (including phenoxy) is 1. The smallest absolute Gasteiger partial charge is 0.414 e. The fourth-order valence-electron chi connectivity index (χ4n) is 4.05. The van der Waals surface area contributed by atoms with Crippen LogP contribution < -0.4 is 0 Å². The predicted octanol–water partition coefficient (Wildman–Crippen LogP) is 4.70. The Hall–Kier alpha value is -1.84. The van der Waals surface area contributed by atoms with Gasteiger partial charge in [0.05, 0.1) is 11.1 Å². The van der Waals surface area contributed by atoms with Crippen LogP contribution in [0.25, 0.3) is 0 Å².